The summed E-state index contributed by atoms with van der Waals surface area (Å²) in [6.07, 6.45) is 8.30. The van der Waals surface area contributed by atoms with Crippen molar-refractivity contribution in [2.45, 2.75) is 37.4 Å². The number of aryl methyl sites for hydroxylation is 1. The zero-order valence-electron chi connectivity index (χ0n) is 12.5. The summed E-state index contributed by atoms with van der Waals surface area (Å²) in [5.74, 6) is 0.654. The van der Waals surface area contributed by atoms with Gasteiger partial charge in [-0.3, -0.25) is 14.8 Å². The lowest BCUT2D eigenvalue weighted by molar-refractivity contribution is -0.131. The van der Waals surface area contributed by atoms with Crippen LogP contribution in [0.25, 0.3) is 0 Å². The molecule has 1 aromatic rings. The molecule has 2 bridgehead atoms. The highest BCUT2D eigenvalue weighted by Crippen LogP contribution is 2.54. The number of fused-ring (bicyclic) bond motifs is 1. The number of nitrogens with zero attached hydrogens (tertiary/aromatic N) is 3. The zero-order valence-corrected chi connectivity index (χ0v) is 12.5. The molecule has 4 atom stereocenters. The van der Waals surface area contributed by atoms with E-state index >= 15 is 0 Å². The predicted octanol–water partition coefficient (Wildman–Crippen LogP) is 0.408. The minimum absolute atomic E-state index is 0.151. The molecule has 0 unspecified atom stereocenters. The van der Waals surface area contributed by atoms with Gasteiger partial charge in [0.2, 0.25) is 5.91 Å². The first-order valence-electron chi connectivity index (χ1n) is 8.03. The van der Waals surface area contributed by atoms with E-state index in [1.54, 1.807) is 18.6 Å². The van der Waals surface area contributed by atoms with Crippen molar-refractivity contribution in [3.8, 4) is 0 Å². The molecule has 3 aliphatic heterocycles. The number of hydrogen-bond acceptors (Lipinski definition) is 5. The highest BCUT2D eigenvalue weighted by Gasteiger charge is 2.63. The number of hydrogen-bond donors (Lipinski definition) is 1. The van der Waals surface area contributed by atoms with Crippen molar-refractivity contribution in [1.82, 2.24) is 14.9 Å². The van der Waals surface area contributed by atoms with E-state index in [9.17, 15) is 9.90 Å². The highest BCUT2D eigenvalue weighted by atomic mass is 16.5. The van der Waals surface area contributed by atoms with Gasteiger partial charge in [0.1, 0.15) is 0 Å². The van der Waals surface area contributed by atoms with Crippen molar-refractivity contribution in [2.24, 2.45) is 11.8 Å². The molecular formula is C16H21N3O3. The number of ether oxygens (including phenoxy) is 1. The van der Waals surface area contributed by atoms with Gasteiger partial charge in [-0.15, -0.1) is 0 Å². The molecule has 0 radical (unpaired) electrons. The first-order chi connectivity index (χ1) is 10.7. The van der Waals surface area contributed by atoms with E-state index in [0.717, 1.165) is 25.1 Å². The Morgan fingerprint density at radius 2 is 2.41 bits per heavy atom. The molecule has 3 fully saturated rings. The Morgan fingerprint density at radius 1 is 1.50 bits per heavy atom. The van der Waals surface area contributed by atoms with E-state index < -0.39 is 0 Å². The Labute approximate surface area is 129 Å². The van der Waals surface area contributed by atoms with E-state index in [2.05, 4.69) is 9.97 Å². The van der Waals surface area contributed by atoms with Crippen LogP contribution in [0.5, 0.6) is 0 Å². The van der Waals surface area contributed by atoms with Crippen LogP contribution < -0.4 is 0 Å². The molecule has 118 valence electrons. The van der Waals surface area contributed by atoms with Gasteiger partial charge in [-0.25, -0.2) is 0 Å². The lowest BCUT2D eigenvalue weighted by atomic mass is 9.74. The number of aliphatic hydroxyl groups excluding tert-OH is 1. The Balaban J connectivity index is 1.39. The molecule has 1 amide bonds. The Kier molecular flexibility index (Phi) is 3.38. The topological polar surface area (TPSA) is 75.6 Å². The molecule has 0 aliphatic carbocycles. The molecule has 1 spiro atoms. The second-order valence-corrected chi connectivity index (χ2v) is 6.68. The molecule has 1 N–H and O–H groups in total. The fraction of sp³-hybridized carbons (Fsp3) is 0.688. The van der Waals surface area contributed by atoms with Gasteiger partial charge in [0.25, 0.3) is 0 Å². The van der Waals surface area contributed by atoms with E-state index in [-0.39, 0.29) is 30.1 Å². The monoisotopic (exact) mass is 303 g/mol. The number of aliphatic hydroxyl groups is 1. The third-order valence-corrected chi connectivity index (χ3v) is 5.56. The van der Waals surface area contributed by atoms with Crippen LogP contribution in [0.2, 0.25) is 0 Å². The summed E-state index contributed by atoms with van der Waals surface area (Å²) in [5.41, 5.74) is 0.666. The SMILES string of the molecule is O=C(CCc1cnccn1)N1C[C@H]2[C@@H](CO)[C@@H]3CC[C@@]2(C1)O3. The summed E-state index contributed by atoms with van der Waals surface area (Å²) in [5, 5.41) is 9.61. The largest absolute Gasteiger partial charge is 0.396 e. The van der Waals surface area contributed by atoms with Gasteiger partial charge in [-0.05, 0) is 19.3 Å². The fourth-order valence-electron chi connectivity index (χ4n) is 4.48. The summed E-state index contributed by atoms with van der Waals surface area (Å²) in [6, 6.07) is 0. The predicted molar refractivity (Wildman–Crippen MR) is 77.8 cm³/mol. The Hall–Kier alpha value is -1.53. The summed E-state index contributed by atoms with van der Waals surface area (Å²) in [4.78, 5) is 22.6. The lowest BCUT2D eigenvalue weighted by Crippen LogP contribution is -2.38. The van der Waals surface area contributed by atoms with E-state index in [1.807, 2.05) is 4.90 Å². The van der Waals surface area contributed by atoms with Crippen LogP contribution in [-0.4, -0.2) is 57.3 Å². The standard InChI is InChI=1S/C16H21N3O3/c20-9-12-13-8-19(10-16(13)4-3-14(12)22-16)15(21)2-1-11-7-17-5-6-18-11/h5-7,12-14,20H,1-4,8-10H2/t12-,13+,14+,16+/m1/s1. The minimum Gasteiger partial charge on any atom is -0.396 e. The molecular weight excluding hydrogens is 282 g/mol. The number of rotatable bonds is 4. The minimum atomic E-state index is -0.180. The van der Waals surface area contributed by atoms with Crippen molar-refractivity contribution in [3.63, 3.8) is 0 Å². The second kappa shape index (κ2) is 5.28. The molecule has 6 heteroatoms. The van der Waals surface area contributed by atoms with Crippen molar-refractivity contribution in [3.05, 3.63) is 24.3 Å². The summed E-state index contributed by atoms with van der Waals surface area (Å²) in [7, 11) is 0. The van der Waals surface area contributed by atoms with Gasteiger partial charge >= 0.3 is 0 Å². The first kappa shape index (κ1) is 14.1. The van der Waals surface area contributed by atoms with Gasteiger partial charge in [0.05, 0.1) is 23.9 Å². The summed E-state index contributed by atoms with van der Waals surface area (Å²) in [6.45, 7) is 1.57. The van der Waals surface area contributed by atoms with Crippen LogP contribution in [0.3, 0.4) is 0 Å². The number of aromatic nitrogens is 2. The van der Waals surface area contributed by atoms with Crippen LogP contribution in [0.1, 0.15) is 25.0 Å². The van der Waals surface area contributed by atoms with Gasteiger partial charge in [-0.1, -0.05) is 0 Å². The van der Waals surface area contributed by atoms with Crippen LogP contribution in [0.4, 0.5) is 0 Å². The third-order valence-electron chi connectivity index (χ3n) is 5.56. The van der Waals surface area contributed by atoms with Crippen LogP contribution >= 0.6 is 0 Å². The van der Waals surface area contributed by atoms with Crippen LogP contribution in [-0.2, 0) is 16.0 Å². The van der Waals surface area contributed by atoms with Gasteiger partial charge < -0.3 is 14.7 Å². The van der Waals surface area contributed by atoms with Crippen molar-refractivity contribution in [2.75, 3.05) is 19.7 Å². The smallest absolute Gasteiger partial charge is 0.223 e. The lowest BCUT2D eigenvalue weighted by Gasteiger charge is -2.27. The number of likely N-dealkylation sites (tertiary alicyclic amines) is 1. The molecule has 22 heavy (non-hydrogen) atoms. The highest BCUT2D eigenvalue weighted by molar-refractivity contribution is 5.77. The van der Waals surface area contributed by atoms with E-state index in [1.165, 1.54) is 0 Å². The summed E-state index contributed by atoms with van der Waals surface area (Å²) < 4.78 is 6.15. The zero-order chi connectivity index (χ0) is 15.2. The number of amides is 1. The molecule has 3 aliphatic rings. The maximum Gasteiger partial charge on any atom is 0.223 e. The Bertz CT molecular complexity index is 567. The van der Waals surface area contributed by atoms with Crippen molar-refractivity contribution >= 4 is 5.91 Å². The first-order valence-corrected chi connectivity index (χ1v) is 8.03. The average molecular weight is 303 g/mol. The van der Waals surface area contributed by atoms with E-state index in [0.29, 0.717) is 25.3 Å². The summed E-state index contributed by atoms with van der Waals surface area (Å²) >= 11 is 0. The Morgan fingerprint density at radius 3 is 3.18 bits per heavy atom. The van der Waals surface area contributed by atoms with Crippen molar-refractivity contribution in [1.29, 1.82) is 0 Å². The van der Waals surface area contributed by atoms with Crippen LogP contribution in [0.15, 0.2) is 18.6 Å². The maximum absolute atomic E-state index is 12.5. The number of carbonyl (C=O) groups excluding carboxylic acids is 1. The molecule has 4 heterocycles. The molecule has 0 saturated carbocycles. The molecule has 1 aromatic heterocycles. The van der Waals surface area contributed by atoms with Crippen molar-refractivity contribution < 1.29 is 14.6 Å². The molecule has 0 aromatic carbocycles. The maximum atomic E-state index is 12.5. The average Bonchev–Trinajstić information content (AvgIpc) is 3.20. The fourth-order valence-corrected chi connectivity index (χ4v) is 4.48. The quantitative estimate of drug-likeness (QED) is 0.872. The van der Waals surface area contributed by atoms with Gasteiger partial charge in [-0.2, -0.15) is 0 Å². The second-order valence-electron chi connectivity index (χ2n) is 6.68. The van der Waals surface area contributed by atoms with Gasteiger partial charge in [0.15, 0.2) is 0 Å². The van der Waals surface area contributed by atoms with Gasteiger partial charge in [0, 0.05) is 50.0 Å². The van der Waals surface area contributed by atoms with E-state index in [4.69, 9.17) is 4.74 Å². The molecule has 4 rings (SSSR count). The molecule has 6 nitrogen and oxygen atoms in total. The normalized spacial score (nSPS) is 35.9. The van der Waals surface area contributed by atoms with Crippen LogP contribution in [0, 0.1) is 11.8 Å². The number of carbonyl (C=O) groups is 1. The third kappa shape index (κ3) is 2.13. The molecule has 3 saturated heterocycles.